The van der Waals surface area contributed by atoms with Crippen LogP contribution in [-0.4, -0.2) is 23.0 Å². The van der Waals surface area contributed by atoms with E-state index in [0.29, 0.717) is 12.0 Å². The van der Waals surface area contributed by atoms with E-state index in [1.165, 1.54) is 7.11 Å². The molecule has 1 aromatic heterocycles. The van der Waals surface area contributed by atoms with Crippen molar-refractivity contribution in [3.63, 3.8) is 0 Å². The van der Waals surface area contributed by atoms with E-state index >= 15 is 0 Å². The van der Waals surface area contributed by atoms with Gasteiger partial charge >= 0.3 is 5.97 Å². The highest BCUT2D eigenvalue weighted by Crippen LogP contribution is 2.14. The quantitative estimate of drug-likeness (QED) is 0.744. The smallest absolute Gasteiger partial charge is 0.337 e. The SMILES string of the molecule is CC.COC(=O)c1ccc(Cc2nc3ccccc3[nH]2)cc1. The Hall–Kier alpha value is -2.62. The minimum Gasteiger partial charge on any atom is -0.465 e. The molecular formula is C18H20N2O2. The predicted molar refractivity (Wildman–Crippen MR) is 88.0 cm³/mol. The number of nitrogens with one attached hydrogen (secondary N) is 1. The second-order valence-electron chi connectivity index (χ2n) is 4.57. The number of aromatic nitrogens is 2. The van der Waals surface area contributed by atoms with Crippen LogP contribution >= 0.6 is 0 Å². The van der Waals surface area contributed by atoms with Crippen molar-refractivity contribution >= 4 is 17.0 Å². The number of hydrogen-bond acceptors (Lipinski definition) is 3. The molecule has 1 N–H and O–H groups in total. The van der Waals surface area contributed by atoms with Gasteiger partial charge < -0.3 is 9.72 Å². The number of nitrogens with zero attached hydrogens (tertiary/aromatic N) is 1. The highest BCUT2D eigenvalue weighted by molar-refractivity contribution is 5.89. The number of ether oxygens (including phenoxy) is 1. The second kappa shape index (κ2) is 7.41. The molecule has 0 radical (unpaired) electrons. The standard InChI is InChI=1S/C16H14N2O2.C2H6/c1-20-16(19)12-8-6-11(7-9-12)10-15-17-13-4-2-3-5-14(13)18-15;1-2/h2-9H,10H2,1H3,(H,17,18);1-2H3. The average Bonchev–Trinajstić information content (AvgIpc) is 2.99. The summed E-state index contributed by atoms with van der Waals surface area (Å²) in [5, 5.41) is 0. The third kappa shape index (κ3) is 3.52. The highest BCUT2D eigenvalue weighted by Gasteiger charge is 2.06. The predicted octanol–water partition coefficient (Wildman–Crippen LogP) is 3.97. The zero-order chi connectivity index (χ0) is 15.9. The van der Waals surface area contributed by atoms with Crippen molar-refractivity contribution < 1.29 is 9.53 Å². The first-order chi connectivity index (χ1) is 10.8. The fourth-order valence-corrected chi connectivity index (χ4v) is 2.16. The minimum absolute atomic E-state index is 0.319. The summed E-state index contributed by atoms with van der Waals surface area (Å²) in [6.07, 6.45) is 0.704. The summed E-state index contributed by atoms with van der Waals surface area (Å²) >= 11 is 0. The van der Waals surface area contributed by atoms with E-state index in [-0.39, 0.29) is 5.97 Å². The number of esters is 1. The Morgan fingerprint density at radius 3 is 2.41 bits per heavy atom. The molecule has 1 heterocycles. The number of para-hydroxylation sites is 2. The summed E-state index contributed by atoms with van der Waals surface area (Å²) in [5.41, 5.74) is 3.65. The fourth-order valence-electron chi connectivity index (χ4n) is 2.16. The van der Waals surface area contributed by atoms with E-state index in [2.05, 4.69) is 14.7 Å². The normalized spacial score (nSPS) is 9.95. The molecule has 0 aliphatic heterocycles. The Labute approximate surface area is 130 Å². The van der Waals surface area contributed by atoms with Gasteiger partial charge in [-0.1, -0.05) is 38.1 Å². The Bertz CT molecular complexity index is 712. The number of rotatable bonds is 3. The number of carbonyl (C=O) groups excluding carboxylic acids is 1. The Morgan fingerprint density at radius 1 is 1.09 bits per heavy atom. The lowest BCUT2D eigenvalue weighted by Crippen LogP contribution is -2.01. The third-order valence-electron chi connectivity index (χ3n) is 3.19. The molecule has 0 aliphatic carbocycles. The number of methoxy groups -OCH3 is 1. The van der Waals surface area contributed by atoms with Crippen molar-refractivity contribution in [1.82, 2.24) is 9.97 Å². The zero-order valence-electron chi connectivity index (χ0n) is 13.1. The molecule has 0 bridgehead atoms. The van der Waals surface area contributed by atoms with Crippen molar-refractivity contribution in [3.8, 4) is 0 Å². The van der Waals surface area contributed by atoms with Gasteiger partial charge in [0.1, 0.15) is 5.82 Å². The summed E-state index contributed by atoms with van der Waals surface area (Å²) in [7, 11) is 1.38. The lowest BCUT2D eigenvalue weighted by Gasteiger charge is -2.01. The van der Waals surface area contributed by atoms with Crippen molar-refractivity contribution in [3.05, 3.63) is 65.5 Å². The number of carbonyl (C=O) groups is 1. The molecule has 0 amide bonds. The number of H-pyrrole nitrogens is 1. The monoisotopic (exact) mass is 296 g/mol. The molecule has 3 aromatic rings. The number of fused-ring (bicyclic) bond motifs is 1. The first-order valence-corrected chi connectivity index (χ1v) is 7.37. The van der Waals surface area contributed by atoms with Crippen LogP contribution in [0.3, 0.4) is 0 Å². The Morgan fingerprint density at radius 2 is 1.77 bits per heavy atom. The van der Waals surface area contributed by atoms with Gasteiger partial charge in [0, 0.05) is 6.42 Å². The molecule has 22 heavy (non-hydrogen) atoms. The molecule has 0 unspecified atom stereocenters. The number of benzene rings is 2. The average molecular weight is 296 g/mol. The summed E-state index contributed by atoms with van der Waals surface area (Å²) in [6.45, 7) is 4.00. The first kappa shape index (κ1) is 15.8. The highest BCUT2D eigenvalue weighted by atomic mass is 16.5. The van der Waals surface area contributed by atoms with Gasteiger partial charge in [-0.2, -0.15) is 0 Å². The van der Waals surface area contributed by atoms with Gasteiger partial charge in [-0.3, -0.25) is 0 Å². The molecule has 0 aliphatic rings. The molecule has 2 aromatic carbocycles. The Balaban J connectivity index is 0.000000847. The minimum atomic E-state index is -0.319. The molecule has 0 spiro atoms. The van der Waals surface area contributed by atoms with Crippen LogP contribution in [-0.2, 0) is 11.2 Å². The zero-order valence-corrected chi connectivity index (χ0v) is 13.1. The maximum atomic E-state index is 11.4. The maximum Gasteiger partial charge on any atom is 0.337 e. The van der Waals surface area contributed by atoms with Gasteiger partial charge in [0.25, 0.3) is 0 Å². The van der Waals surface area contributed by atoms with Crippen LogP contribution in [0.25, 0.3) is 11.0 Å². The van der Waals surface area contributed by atoms with Gasteiger partial charge in [-0.05, 0) is 29.8 Å². The molecule has 3 rings (SSSR count). The molecule has 0 saturated carbocycles. The maximum absolute atomic E-state index is 11.4. The fraction of sp³-hybridized carbons (Fsp3) is 0.222. The van der Waals surface area contributed by atoms with Crippen LogP contribution in [0.1, 0.15) is 35.6 Å². The molecular weight excluding hydrogens is 276 g/mol. The van der Waals surface area contributed by atoms with Crippen molar-refractivity contribution in [2.45, 2.75) is 20.3 Å². The molecule has 4 nitrogen and oxygen atoms in total. The van der Waals surface area contributed by atoms with Crippen LogP contribution in [0.5, 0.6) is 0 Å². The number of imidazole rings is 1. The van der Waals surface area contributed by atoms with E-state index in [1.54, 1.807) is 12.1 Å². The van der Waals surface area contributed by atoms with E-state index in [1.807, 2.05) is 50.2 Å². The largest absolute Gasteiger partial charge is 0.465 e. The van der Waals surface area contributed by atoms with E-state index < -0.39 is 0 Å². The second-order valence-corrected chi connectivity index (χ2v) is 4.57. The lowest BCUT2D eigenvalue weighted by molar-refractivity contribution is 0.0600. The van der Waals surface area contributed by atoms with Gasteiger partial charge in [-0.25, -0.2) is 9.78 Å². The lowest BCUT2D eigenvalue weighted by atomic mass is 10.1. The van der Waals surface area contributed by atoms with Crippen LogP contribution in [0.15, 0.2) is 48.5 Å². The van der Waals surface area contributed by atoms with Gasteiger partial charge in [-0.15, -0.1) is 0 Å². The molecule has 0 saturated heterocycles. The topological polar surface area (TPSA) is 55.0 Å². The van der Waals surface area contributed by atoms with Crippen LogP contribution in [0.4, 0.5) is 0 Å². The first-order valence-electron chi connectivity index (χ1n) is 7.37. The van der Waals surface area contributed by atoms with Crippen LogP contribution < -0.4 is 0 Å². The third-order valence-corrected chi connectivity index (χ3v) is 3.19. The van der Waals surface area contributed by atoms with Crippen molar-refractivity contribution in [2.75, 3.05) is 7.11 Å². The van der Waals surface area contributed by atoms with E-state index in [4.69, 9.17) is 0 Å². The number of hydrogen-bond donors (Lipinski definition) is 1. The van der Waals surface area contributed by atoms with Crippen molar-refractivity contribution in [1.29, 1.82) is 0 Å². The molecule has 0 fully saturated rings. The molecule has 4 heteroatoms. The van der Waals surface area contributed by atoms with Crippen LogP contribution in [0.2, 0.25) is 0 Å². The van der Waals surface area contributed by atoms with E-state index in [9.17, 15) is 4.79 Å². The molecule has 0 atom stereocenters. The summed E-state index contributed by atoms with van der Waals surface area (Å²) < 4.78 is 4.68. The summed E-state index contributed by atoms with van der Waals surface area (Å²) in [4.78, 5) is 19.2. The summed E-state index contributed by atoms with van der Waals surface area (Å²) in [6, 6.07) is 15.3. The van der Waals surface area contributed by atoms with Gasteiger partial charge in [0.2, 0.25) is 0 Å². The van der Waals surface area contributed by atoms with Crippen LogP contribution in [0, 0.1) is 0 Å². The Kier molecular flexibility index (Phi) is 5.31. The number of aromatic amines is 1. The van der Waals surface area contributed by atoms with Gasteiger partial charge in [0.05, 0.1) is 23.7 Å². The summed E-state index contributed by atoms with van der Waals surface area (Å²) in [5.74, 6) is 0.595. The molecule has 114 valence electrons. The van der Waals surface area contributed by atoms with Crippen molar-refractivity contribution in [2.24, 2.45) is 0 Å². The van der Waals surface area contributed by atoms with Gasteiger partial charge in [0.15, 0.2) is 0 Å². The van der Waals surface area contributed by atoms with E-state index in [0.717, 1.165) is 22.4 Å².